The summed E-state index contributed by atoms with van der Waals surface area (Å²) in [6, 6.07) is 3.50. The molecule has 1 aromatic carbocycles. The fourth-order valence-electron chi connectivity index (χ4n) is 2.11. The van der Waals surface area contributed by atoms with Crippen molar-refractivity contribution in [1.82, 2.24) is 9.78 Å². The van der Waals surface area contributed by atoms with Crippen molar-refractivity contribution in [3.63, 3.8) is 0 Å². The number of hydrogen-bond donors (Lipinski definition) is 0. The van der Waals surface area contributed by atoms with Gasteiger partial charge in [0.15, 0.2) is 17.8 Å². The average molecular weight is 274 g/mol. The van der Waals surface area contributed by atoms with Gasteiger partial charge in [-0.25, -0.2) is 0 Å². The van der Waals surface area contributed by atoms with Crippen LogP contribution in [0.25, 0.3) is 11.1 Å². The number of rotatable bonds is 5. The number of aldehydes is 1. The number of nitrogens with zero attached hydrogens (tertiary/aromatic N) is 2. The molecule has 2 heterocycles. The van der Waals surface area contributed by atoms with E-state index in [0.29, 0.717) is 30.2 Å². The summed E-state index contributed by atoms with van der Waals surface area (Å²) in [7, 11) is 1.65. The molecule has 2 aromatic rings. The van der Waals surface area contributed by atoms with Gasteiger partial charge in [-0.15, -0.1) is 0 Å². The average Bonchev–Trinajstić information content (AvgIpc) is 3.11. The van der Waals surface area contributed by atoms with E-state index in [1.54, 1.807) is 24.1 Å². The maximum Gasteiger partial charge on any atom is 0.231 e. The van der Waals surface area contributed by atoms with Crippen LogP contribution in [0.5, 0.6) is 11.5 Å². The zero-order valence-electron chi connectivity index (χ0n) is 11.0. The van der Waals surface area contributed by atoms with E-state index >= 15 is 0 Å². The van der Waals surface area contributed by atoms with Crippen LogP contribution in [0.3, 0.4) is 0 Å². The minimum atomic E-state index is 0.185. The third-order valence-corrected chi connectivity index (χ3v) is 3.14. The molecule has 0 N–H and O–H groups in total. The first-order valence-electron chi connectivity index (χ1n) is 6.22. The topological polar surface area (TPSA) is 62.6 Å². The molecule has 1 aromatic heterocycles. The summed E-state index contributed by atoms with van der Waals surface area (Å²) in [6.07, 6.45) is 4.41. The molecule has 1 aliphatic heterocycles. The molecule has 6 heteroatoms. The minimum Gasteiger partial charge on any atom is -0.454 e. The largest absolute Gasteiger partial charge is 0.454 e. The van der Waals surface area contributed by atoms with E-state index in [1.165, 1.54) is 0 Å². The highest BCUT2D eigenvalue weighted by Crippen LogP contribution is 2.38. The Morgan fingerprint density at radius 2 is 2.20 bits per heavy atom. The van der Waals surface area contributed by atoms with E-state index in [2.05, 4.69) is 5.10 Å². The van der Waals surface area contributed by atoms with Gasteiger partial charge in [-0.3, -0.25) is 9.48 Å². The second-order valence-electron chi connectivity index (χ2n) is 4.40. The van der Waals surface area contributed by atoms with Gasteiger partial charge >= 0.3 is 0 Å². The number of carbonyl (C=O) groups excluding carboxylic acids is 1. The normalized spacial score (nSPS) is 12.7. The van der Waals surface area contributed by atoms with Crippen LogP contribution in [0.15, 0.2) is 24.5 Å². The molecule has 0 radical (unpaired) electrons. The molecule has 0 spiro atoms. The molecule has 6 nitrogen and oxygen atoms in total. The lowest BCUT2D eigenvalue weighted by atomic mass is 10.0. The van der Waals surface area contributed by atoms with Crippen LogP contribution in [-0.4, -0.2) is 36.6 Å². The Bertz CT molecular complexity index is 636. The summed E-state index contributed by atoms with van der Waals surface area (Å²) in [4.78, 5) is 11.2. The van der Waals surface area contributed by atoms with Gasteiger partial charge in [0, 0.05) is 24.4 Å². The number of aromatic nitrogens is 2. The summed E-state index contributed by atoms with van der Waals surface area (Å²) >= 11 is 0. The van der Waals surface area contributed by atoms with Crippen molar-refractivity contribution in [2.75, 3.05) is 20.5 Å². The Labute approximate surface area is 115 Å². The van der Waals surface area contributed by atoms with E-state index in [4.69, 9.17) is 14.2 Å². The third kappa shape index (κ3) is 2.25. The fourth-order valence-corrected chi connectivity index (χ4v) is 2.11. The number of fused-ring (bicyclic) bond motifs is 1. The van der Waals surface area contributed by atoms with Crippen LogP contribution >= 0.6 is 0 Å². The number of ether oxygens (including phenoxy) is 3. The SMILES string of the molecule is COCCn1cc(-c2cc3c(cc2C=O)OCO3)cn1. The standard InChI is InChI=1S/C14H14N2O4/c1-18-3-2-16-7-11(6-15-16)12-5-14-13(19-9-20-14)4-10(12)8-17/h4-8H,2-3,9H2,1H3. The Balaban J connectivity index is 1.96. The van der Waals surface area contributed by atoms with E-state index in [0.717, 1.165) is 17.4 Å². The number of benzene rings is 1. The van der Waals surface area contributed by atoms with Crippen molar-refractivity contribution in [2.45, 2.75) is 6.54 Å². The number of hydrogen-bond acceptors (Lipinski definition) is 5. The van der Waals surface area contributed by atoms with Crippen molar-refractivity contribution >= 4 is 6.29 Å². The van der Waals surface area contributed by atoms with Crippen LogP contribution in [0.2, 0.25) is 0 Å². The Hall–Kier alpha value is -2.34. The molecule has 1 aliphatic rings. The van der Waals surface area contributed by atoms with Gasteiger partial charge in [0.2, 0.25) is 6.79 Å². The predicted molar refractivity (Wildman–Crippen MR) is 71.0 cm³/mol. The van der Waals surface area contributed by atoms with Crippen LogP contribution in [0.4, 0.5) is 0 Å². The van der Waals surface area contributed by atoms with Crippen molar-refractivity contribution < 1.29 is 19.0 Å². The van der Waals surface area contributed by atoms with E-state index < -0.39 is 0 Å². The zero-order valence-corrected chi connectivity index (χ0v) is 11.0. The van der Waals surface area contributed by atoms with Gasteiger partial charge in [0.25, 0.3) is 0 Å². The molecular weight excluding hydrogens is 260 g/mol. The second kappa shape index (κ2) is 5.34. The van der Waals surface area contributed by atoms with Gasteiger partial charge in [0.1, 0.15) is 0 Å². The van der Waals surface area contributed by atoms with Crippen LogP contribution in [0.1, 0.15) is 10.4 Å². The zero-order chi connectivity index (χ0) is 13.9. The van der Waals surface area contributed by atoms with Crippen LogP contribution in [0, 0.1) is 0 Å². The van der Waals surface area contributed by atoms with Crippen molar-refractivity contribution in [1.29, 1.82) is 0 Å². The molecule has 0 amide bonds. The molecule has 0 unspecified atom stereocenters. The molecule has 104 valence electrons. The molecule has 0 aliphatic carbocycles. The lowest BCUT2D eigenvalue weighted by Gasteiger charge is -2.04. The minimum absolute atomic E-state index is 0.185. The quantitative estimate of drug-likeness (QED) is 0.777. The van der Waals surface area contributed by atoms with Crippen molar-refractivity contribution in [3.8, 4) is 22.6 Å². The first-order valence-corrected chi connectivity index (χ1v) is 6.22. The maximum atomic E-state index is 11.2. The van der Waals surface area contributed by atoms with Gasteiger partial charge in [-0.05, 0) is 17.7 Å². The van der Waals surface area contributed by atoms with Gasteiger partial charge in [0.05, 0.1) is 19.3 Å². The summed E-state index contributed by atoms with van der Waals surface area (Å²) in [5.74, 6) is 1.25. The van der Waals surface area contributed by atoms with E-state index in [-0.39, 0.29) is 6.79 Å². The summed E-state index contributed by atoms with van der Waals surface area (Å²) < 4.78 is 17.4. The maximum absolute atomic E-state index is 11.2. The lowest BCUT2D eigenvalue weighted by Crippen LogP contribution is -2.03. The molecule has 0 atom stereocenters. The predicted octanol–water partition coefficient (Wildman–Crippen LogP) is 1.74. The molecule has 20 heavy (non-hydrogen) atoms. The summed E-state index contributed by atoms with van der Waals surface area (Å²) in [5.41, 5.74) is 2.20. The monoisotopic (exact) mass is 274 g/mol. The van der Waals surface area contributed by atoms with Crippen LogP contribution in [-0.2, 0) is 11.3 Å². The van der Waals surface area contributed by atoms with E-state index in [1.807, 2.05) is 12.3 Å². The lowest BCUT2D eigenvalue weighted by molar-refractivity contribution is 0.112. The first kappa shape index (κ1) is 12.7. The Morgan fingerprint density at radius 1 is 1.40 bits per heavy atom. The molecular formula is C14H14N2O4. The highest BCUT2D eigenvalue weighted by molar-refractivity contribution is 5.89. The molecule has 3 rings (SSSR count). The molecule has 0 saturated carbocycles. The van der Waals surface area contributed by atoms with Crippen LogP contribution < -0.4 is 9.47 Å². The summed E-state index contributed by atoms with van der Waals surface area (Å²) in [6.45, 7) is 1.43. The van der Waals surface area contributed by atoms with Crippen molar-refractivity contribution in [2.24, 2.45) is 0 Å². The number of methoxy groups -OCH3 is 1. The first-order chi connectivity index (χ1) is 9.81. The molecule has 0 fully saturated rings. The van der Waals surface area contributed by atoms with Gasteiger partial charge in [-0.2, -0.15) is 5.10 Å². The molecule has 0 saturated heterocycles. The molecule has 0 bridgehead atoms. The Kier molecular flexibility index (Phi) is 3.39. The highest BCUT2D eigenvalue weighted by atomic mass is 16.7. The van der Waals surface area contributed by atoms with E-state index in [9.17, 15) is 4.79 Å². The number of carbonyl (C=O) groups is 1. The highest BCUT2D eigenvalue weighted by Gasteiger charge is 2.18. The third-order valence-electron chi connectivity index (χ3n) is 3.14. The fraction of sp³-hybridized carbons (Fsp3) is 0.286. The Morgan fingerprint density at radius 3 is 2.95 bits per heavy atom. The van der Waals surface area contributed by atoms with Gasteiger partial charge < -0.3 is 14.2 Å². The smallest absolute Gasteiger partial charge is 0.231 e. The second-order valence-corrected chi connectivity index (χ2v) is 4.40. The van der Waals surface area contributed by atoms with Crippen molar-refractivity contribution in [3.05, 3.63) is 30.1 Å². The summed E-state index contributed by atoms with van der Waals surface area (Å²) in [5, 5.41) is 4.25. The van der Waals surface area contributed by atoms with Gasteiger partial charge in [-0.1, -0.05) is 0 Å².